The Morgan fingerprint density at radius 3 is 2.59 bits per heavy atom. The summed E-state index contributed by atoms with van der Waals surface area (Å²) in [5.41, 5.74) is 9.14. The second-order valence-electron chi connectivity index (χ2n) is 10.7. The van der Waals surface area contributed by atoms with E-state index >= 15 is 0 Å². The highest BCUT2D eigenvalue weighted by molar-refractivity contribution is 5.99. The number of hydrogen-bond acceptors (Lipinski definition) is 4. The van der Waals surface area contributed by atoms with Gasteiger partial charge in [0.05, 0.1) is 11.6 Å². The second kappa shape index (κ2) is 10.6. The van der Waals surface area contributed by atoms with E-state index in [1.54, 1.807) is 18.3 Å². The molecule has 0 radical (unpaired) electrons. The average molecular weight is 545 g/mol. The van der Waals surface area contributed by atoms with Crippen LogP contribution >= 0.6 is 0 Å². The van der Waals surface area contributed by atoms with Crippen molar-refractivity contribution in [2.24, 2.45) is 0 Å². The number of anilines is 1. The van der Waals surface area contributed by atoms with Crippen LogP contribution in [0.1, 0.15) is 55.6 Å². The summed E-state index contributed by atoms with van der Waals surface area (Å²) in [5, 5.41) is 13.9. The quantitative estimate of drug-likeness (QED) is 0.259. The molecule has 206 valence electrons. The molecule has 0 aliphatic carbocycles. The van der Waals surface area contributed by atoms with Crippen molar-refractivity contribution in [2.75, 3.05) is 18.5 Å². The van der Waals surface area contributed by atoms with E-state index in [1.807, 2.05) is 66.9 Å². The van der Waals surface area contributed by atoms with Crippen molar-refractivity contribution in [2.45, 2.75) is 32.9 Å². The number of aromatic nitrogens is 2. The fourth-order valence-corrected chi connectivity index (χ4v) is 5.89. The molecular weight excluding hydrogens is 512 g/mol. The number of carboxylic acids is 1. The molecule has 3 heterocycles. The molecule has 0 saturated heterocycles. The van der Waals surface area contributed by atoms with Crippen LogP contribution in [0.2, 0.25) is 0 Å². The van der Waals surface area contributed by atoms with Crippen LogP contribution in [0.15, 0.2) is 85.2 Å². The summed E-state index contributed by atoms with van der Waals surface area (Å²) in [5.74, 6) is -1.02. The van der Waals surface area contributed by atoms with Crippen molar-refractivity contribution in [1.82, 2.24) is 14.9 Å². The first-order chi connectivity index (χ1) is 19.8. The monoisotopic (exact) mass is 544 g/mol. The average Bonchev–Trinajstić information content (AvgIpc) is 3.23. The smallest absolute Gasteiger partial charge is 0.336 e. The topological polar surface area (TPSA) is 87.5 Å². The highest BCUT2D eigenvalue weighted by atomic mass is 16.4. The molecule has 5 aromatic rings. The van der Waals surface area contributed by atoms with E-state index in [9.17, 15) is 14.7 Å². The zero-order valence-electron chi connectivity index (χ0n) is 23.4. The number of pyridine rings is 1. The molecule has 0 unspecified atom stereocenters. The normalized spacial score (nSPS) is 14.6. The molecule has 6 rings (SSSR count). The number of fused-ring (bicyclic) bond motifs is 2. The van der Waals surface area contributed by atoms with Gasteiger partial charge in [-0.2, -0.15) is 0 Å². The number of aromatic carboxylic acids is 1. The molecular formula is C34H32N4O3. The molecule has 0 spiro atoms. The summed E-state index contributed by atoms with van der Waals surface area (Å²) in [7, 11) is 2.06. The second-order valence-corrected chi connectivity index (χ2v) is 10.7. The molecule has 7 heteroatoms. The summed E-state index contributed by atoms with van der Waals surface area (Å²) < 4.78 is 2.27. The van der Waals surface area contributed by atoms with Crippen LogP contribution < -0.4 is 10.2 Å². The Balaban J connectivity index is 1.24. The van der Waals surface area contributed by atoms with Gasteiger partial charge in [-0.05, 0) is 72.9 Å². The van der Waals surface area contributed by atoms with E-state index in [0.29, 0.717) is 23.2 Å². The van der Waals surface area contributed by atoms with Gasteiger partial charge in [-0.15, -0.1) is 0 Å². The third kappa shape index (κ3) is 4.84. The number of amides is 1. The summed E-state index contributed by atoms with van der Waals surface area (Å²) in [6, 6.07) is 23.0. The first-order valence-electron chi connectivity index (χ1n) is 13.8. The lowest BCUT2D eigenvalue weighted by Gasteiger charge is -2.33. The highest BCUT2D eigenvalue weighted by Crippen LogP contribution is 2.33. The fourth-order valence-electron chi connectivity index (χ4n) is 5.89. The van der Waals surface area contributed by atoms with Gasteiger partial charge in [0.1, 0.15) is 0 Å². The predicted octanol–water partition coefficient (Wildman–Crippen LogP) is 6.38. The van der Waals surface area contributed by atoms with E-state index in [2.05, 4.69) is 40.7 Å². The summed E-state index contributed by atoms with van der Waals surface area (Å²) in [6.07, 6.45) is 4.47. The Bertz CT molecular complexity index is 1790. The lowest BCUT2D eigenvalue weighted by atomic mass is 9.98. The van der Waals surface area contributed by atoms with Gasteiger partial charge in [0.25, 0.3) is 5.91 Å². The molecule has 1 amide bonds. The van der Waals surface area contributed by atoms with Crippen molar-refractivity contribution in [3.63, 3.8) is 0 Å². The third-order valence-corrected chi connectivity index (χ3v) is 8.34. The highest BCUT2D eigenvalue weighted by Gasteiger charge is 2.25. The molecule has 2 N–H and O–H groups in total. The van der Waals surface area contributed by atoms with Gasteiger partial charge in [0, 0.05) is 65.9 Å². The van der Waals surface area contributed by atoms with E-state index in [-0.39, 0.29) is 11.9 Å². The first kappa shape index (κ1) is 26.3. The minimum absolute atomic E-state index is 0.0732. The molecule has 0 bridgehead atoms. The molecule has 0 fully saturated rings. The first-order valence-corrected chi connectivity index (χ1v) is 13.8. The summed E-state index contributed by atoms with van der Waals surface area (Å²) >= 11 is 0. The fraction of sp³-hybridized carbons (Fsp3) is 0.206. The lowest BCUT2D eigenvalue weighted by molar-refractivity contribution is 0.0697. The molecule has 3 aromatic carbocycles. The van der Waals surface area contributed by atoms with Crippen LogP contribution in [0.25, 0.3) is 22.0 Å². The number of carbonyl (C=O) groups is 2. The van der Waals surface area contributed by atoms with E-state index < -0.39 is 5.97 Å². The third-order valence-electron chi connectivity index (χ3n) is 8.34. The van der Waals surface area contributed by atoms with Gasteiger partial charge in [0.2, 0.25) is 0 Å². The number of aryl methyl sites for hydroxylation is 1. The largest absolute Gasteiger partial charge is 0.478 e. The van der Waals surface area contributed by atoms with E-state index in [4.69, 9.17) is 0 Å². The Morgan fingerprint density at radius 2 is 1.80 bits per heavy atom. The van der Waals surface area contributed by atoms with E-state index in [0.717, 1.165) is 57.5 Å². The SMILES string of the molecule is Cc1c(C)n(Cc2ccc(-c3ccccc3C(=O)O)cc2)c2ccc(C(=O)N[C@H]3CCN(C)c4ccncc43)cc12. The van der Waals surface area contributed by atoms with Crippen molar-refractivity contribution in [1.29, 1.82) is 0 Å². The number of nitrogens with zero attached hydrogens (tertiary/aromatic N) is 3. The lowest BCUT2D eigenvalue weighted by Crippen LogP contribution is -2.36. The van der Waals surface area contributed by atoms with Gasteiger partial charge in [-0.1, -0.05) is 42.5 Å². The molecule has 1 aliphatic rings. The van der Waals surface area contributed by atoms with Gasteiger partial charge in [0.15, 0.2) is 0 Å². The maximum Gasteiger partial charge on any atom is 0.336 e. The Labute approximate surface area is 239 Å². The number of nitrogens with one attached hydrogen (secondary N) is 1. The van der Waals surface area contributed by atoms with Crippen molar-refractivity contribution in [3.05, 3.63) is 119 Å². The number of benzene rings is 3. The van der Waals surface area contributed by atoms with Crippen LogP contribution in [0.3, 0.4) is 0 Å². The van der Waals surface area contributed by atoms with Gasteiger partial charge >= 0.3 is 5.97 Å². The molecule has 0 saturated carbocycles. The maximum atomic E-state index is 13.4. The molecule has 7 nitrogen and oxygen atoms in total. The number of rotatable bonds is 6. The van der Waals surface area contributed by atoms with Crippen LogP contribution in [0.5, 0.6) is 0 Å². The van der Waals surface area contributed by atoms with Crippen LogP contribution in [0.4, 0.5) is 5.69 Å². The molecule has 1 aliphatic heterocycles. The van der Waals surface area contributed by atoms with Crippen molar-refractivity contribution < 1.29 is 14.7 Å². The Kier molecular flexibility index (Phi) is 6.79. The standard InChI is InChI=1S/C34H32N4O3/c1-21-22(2)38(20-23-8-10-24(11-9-23)26-6-4-5-7-27(26)34(40)41)32-13-12-25(18-28(21)32)33(39)36-30-15-17-37(3)31-14-16-35-19-29(30)31/h4-14,16,18-19,30H,15,17,20H2,1-3H3,(H,36,39)(H,40,41)/t30-/m0/s1. The molecule has 41 heavy (non-hydrogen) atoms. The number of carboxylic acid groups (broad SMARTS) is 1. The van der Waals surface area contributed by atoms with Gasteiger partial charge in [-0.3, -0.25) is 9.78 Å². The van der Waals surface area contributed by atoms with Gasteiger partial charge in [-0.25, -0.2) is 4.79 Å². The van der Waals surface area contributed by atoms with Crippen LogP contribution in [0, 0.1) is 13.8 Å². The van der Waals surface area contributed by atoms with Crippen LogP contribution in [-0.2, 0) is 6.54 Å². The summed E-state index contributed by atoms with van der Waals surface area (Å²) in [6.45, 7) is 5.74. The Morgan fingerprint density at radius 1 is 1.02 bits per heavy atom. The van der Waals surface area contributed by atoms with Gasteiger partial charge < -0.3 is 19.9 Å². The minimum Gasteiger partial charge on any atom is -0.478 e. The number of hydrogen-bond donors (Lipinski definition) is 2. The van der Waals surface area contributed by atoms with Crippen molar-refractivity contribution in [3.8, 4) is 11.1 Å². The number of carbonyl (C=O) groups excluding carboxylic acids is 1. The van der Waals surface area contributed by atoms with E-state index in [1.165, 1.54) is 0 Å². The summed E-state index contributed by atoms with van der Waals surface area (Å²) in [4.78, 5) is 31.5. The minimum atomic E-state index is -0.934. The van der Waals surface area contributed by atoms with Crippen molar-refractivity contribution >= 4 is 28.5 Å². The predicted molar refractivity (Wildman–Crippen MR) is 162 cm³/mol. The van der Waals surface area contributed by atoms with Crippen LogP contribution in [-0.4, -0.2) is 40.1 Å². The molecule has 2 aromatic heterocycles. The molecule has 1 atom stereocenters. The Hall–Kier alpha value is -4.91. The zero-order valence-corrected chi connectivity index (χ0v) is 23.4. The maximum absolute atomic E-state index is 13.4. The zero-order chi connectivity index (χ0) is 28.7.